The van der Waals surface area contributed by atoms with Gasteiger partial charge in [0.15, 0.2) is 0 Å². The van der Waals surface area contributed by atoms with Gasteiger partial charge in [-0.25, -0.2) is 0 Å². The molecule has 0 N–H and O–H groups in total. The molecule has 1 rings (SSSR count). The molecule has 0 spiro atoms. The van der Waals surface area contributed by atoms with Crippen molar-refractivity contribution in [3.63, 3.8) is 0 Å². The fourth-order valence-corrected chi connectivity index (χ4v) is 3.40. The Morgan fingerprint density at radius 1 is 0.833 bits per heavy atom. The first-order valence-electron chi connectivity index (χ1n) is 8.99. The fourth-order valence-electron chi connectivity index (χ4n) is 2.74. The predicted molar refractivity (Wildman–Crippen MR) is 97.3 cm³/mol. The minimum Gasteiger partial charge on any atom is -1.00 e. The van der Waals surface area contributed by atoms with E-state index in [4.69, 9.17) is 0 Å². The van der Waals surface area contributed by atoms with Crippen molar-refractivity contribution >= 4 is 10.1 Å². The summed E-state index contributed by atoms with van der Waals surface area (Å²) in [5.41, 5.74) is 1.19. The molecule has 0 amide bonds. The maximum Gasteiger partial charge on any atom is 1.00 e. The van der Waals surface area contributed by atoms with Crippen molar-refractivity contribution in [2.24, 2.45) is 0 Å². The molecular formula is C19H33NaO3S. The SMILES string of the molecule is CCCCCCCCCCCCc1ccc(S(=O)(=O)OC)cc1.[H-].[Na+]. The van der Waals surface area contributed by atoms with Gasteiger partial charge in [0.05, 0.1) is 12.0 Å². The molecule has 0 fully saturated rings. The standard InChI is InChI=1S/C19H32O3S.Na.H/c1-3-4-5-6-7-8-9-10-11-12-13-18-14-16-19(17-15-18)23(20,21)22-2;;/h14-17H,3-13H2,1-2H3;;/q;+1;-1. The molecule has 0 saturated carbocycles. The Labute approximate surface area is 172 Å². The zero-order valence-electron chi connectivity index (χ0n) is 16.7. The van der Waals surface area contributed by atoms with E-state index in [0.29, 0.717) is 0 Å². The van der Waals surface area contributed by atoms with Crippen molar-refractivity contribution in [2.45, 2.75) is 82.4 Å². The van der Waals surface area contributed by atoms with Crippen LogP contribution in [0.5, 0.6) is 0 Å². The Morgan fingerprint density at radius 3 is 1.75 bits per heavy atom. The van der Waals surface area contributed by atoms with E-state index in [-0.39, 0.29) is 35.9 Å². The van der Waals surface area contributed by atoms with Crippen LogP contribution in [-0.4, -0.2) is 15.5 Å². The van der Waals surface area contributed by atoms with Crippen LogP contribution in [0, 0.1) is 0 Å². The minimum absolute atomic E-state index is 0. The van der Waals surface area contributed by atoms with Crippen molar-refractivity contribution in [3.05, 3.63) is 29.8 Å². The van der Waals surface area contributed by atoms with E-state index in [0.717, 1.165) is 6.42 Å². The van der Waals surface area contributed by atoms with Crippen molar-refractivity contribution in [3.8, 4) is 0 Å². The van der Waals surface area contributed by atoms with Crippen LogP contribution in [0.4, 0.5) is 0 Å². The van der Waals surface area contributed by atoms with Crippen molar-refractivity contribution in [1.29, 1.82) is 0 Å². The van der Waals surface area contributed by atoms with Crippen LogP contribution >= 0.6 is 0 Å². The van der Waals surface area contributed by atoms with Crippen LogP contribution in [0.1, 0.15) is 78.1 Å². The van der Waals surface area contributed by atoms with Crippen LogP contribution in [-0.2, 0) is 20.7 Å². The number of aryl methyl sites for hydroxylation is 1. The first kappa shape index (κ1) is 24.1. The van der Waals surface area contributed by atoms with E-state index in [1.807, 2.05) is 12.1 Å². The molecule has 0 saturated heterocycles. The molecule has 1 aromatic carbocycles. The third-order valence-electron chi connectivity index (χ3n) is 4.25. The fraction of sp³-hybridized carbons (Fsp3) is 0.684. The molecule has 0 atom stereocenters. The molecule has 5 heteroatoms. The summed E-state index contributed by atoms with van der Waals surface area (Å²) in [4.78, 5) is 0.229. The summed E-state index contributed by atoms with van der Waals surface area (Å²) in [6.45, 7) is 2.25. The van der Waals surface area contributed by atoms with Crippen LogP contribution < -0.4 is 29.6 Å². The second kappa shape index (κ2) is 14.3. The molecule has 0 aliphatic carbocycles. The van der Waals surface area contributed by atoms with Gasteiger partial charge in [-0.05, 0) is 30.5 Å². The van der Waals surface area contributed by atoms with Gasteiger partial charge < -0.3 is 1.43 Å². The maximum absolute atomic E-state index is 11.5. The largest absolute Gasteiger partial charge is 1.00 e. The van der Waals surface area contributed by atoms with Gasteiger partial charge in [-0.1, -0.05) is 76.8 Å². The number of benzene rings is 1. The third kappa shape index (κ3) is 10.2. The maximum atomic E-state index is 11.5. The van der Waals surface area contributed by atoms with E-state index in [1.165, 1.54) is 76.9 Å². The van der Waals surface area contributed by atoms with Crippen molar-refractivity contribution in [2.75, 3.05) is 7.11 Å². The molecule has 134 valence electrons. The molecular weight excluding hydrogens is 331 g/mol. The minimum atomic E-state index is -3.56. The van der Waals surface area contributed by atoms with E-state index >= 15 is 0 Å². The smallest absolute Gasteiger partial charge is 1.00 e. The Bertz CT molecular complexity index is 518. The third-order valence-corrected chi connectivity index (χ3v) is 5.54. The van der Waals surface area contributed by atoms with Crippen LogP contribution in [0.25, 0.3) is 0 Å². The molecule has 0 heterocycles. The number of hydrogen-bond acceptors (Lipinski definition) is 3. The zero-order valence-corrected chi connectivity index (χ0v) is 18.5. The van der Waals surface area contributed by atoms with E-state index < -0.39 is 10.1 Å². The quantitative estimate of drug-likeness (QED) is 0.307. The Morgan fingerprint density at radius 2 is 1.29 bits per heavy atom. The van der Waals surface area contributed by atoms with Crippen molar-refractivity contribution < 1.29 is 43.6 Å². The molecule has 0 radical (unpaired) electrons. The average molecular weight is 365 g/mol. The summed E-state index contributed by atoms with van der Waals surface area (Å²) in [7, 11) is -2.37. The summed E-state index contributed by atoms with van der Waals surface area (Å²) < 4.78 is 27.6. The van der Waals surface area contributed by atoms with Gasteiger partial charge in [0, 0.05) is 0 Å². The van der Waals surface area contributed by atoms with Gasteiger partial charge in [-0.2, -0.15) is 8.42 Å². The molecule has 0 aliphatic rings. The Balaban J connectivity index is 0. The van der Waals surface area contributed by atoms with Gasteiger partial charge >= 0.3 is 29.6 Å². The molecule has 1 aromatic rings. The Hall–Kier alpha value is 0.130. The van der Waals surface area contributed by atoms with Gasteiger partial charge in [0.1, 0.15) is 0 Å². The Kier molecular flexibility index (Phi) is 14.4. The molecule has 0 bridgehead atoms. The number of rotatable bonds is 13. The molecule has 24 heavy (non-hydrogen) atoms. The molecule has 0 unspecified atom stereocenters. The summed E-state index contributed by atoms with van der Waals surface area (Å²) in [5, 5.41) is 0. The van der Waals surface area contributed by atoms with Gasteiger partial charge in [-0.3, -0.25) is 4.18 Å². The second-order valence-electron chi connectivity index (χ2n) is 6.20. The summed E-state index contributed by atoms with van der Waals surface area (Å²) in [6, 6.07) is 7.04. The van der Waals surface area contributed by atoms with E-state index in [1.54, 1.807) is 12.1 Å². The molecule has 3 nitrogen and oxygen atoms in total. The second-order valence-corrected chi connectivity index (χ2v) is 7.91. The van der Waals surface area contributed by atoms with E-state index in [2.05, 4.69) is 11.1 Å². The molecule has 0 aliphatic heterocycles. The topological polar surface area (TPSA) is 43.4 Å². The van der Waals surface area contributed by atoms with Gasteiger partial charge in [-0.15, -0.1) is 0 Å². The van der Waals surface area contributed by atoms with Crippen molar-refractivity contribution in [1.82, 2.24) is 0 Å². The first-order valence-corrected chi connectivity index (χ1v) is 10.4. The van der Waals surface area contributed by atoms with Gasteiger partial charge in [0.25, 0.3) is 10.1 Å². The summed E-state index contributed by atoms with van der Waals surface area (Å²) >= 11 is 0. The number of unbranched alkanes of at least 4 members (excludes halogenated alkanes) is 9. The van der Waals surface area contributed by atoms with Crippen LogP contribution in [0.3, 0.4) is 0 Å². The average Bonchev–Trinajstić information content (AvgIpc) is 2.57. The number of hydrogen-bond donors (Lipinski definition) is 0. The zero-order chi connectivity index (χ0) is 17.0. The first-order chi connectivity index (χ1) is 11.1. The predicted octanol–water partition coefficient (Wildman–Crippen LogP) is 2.60. The van der Waals surface area contributed by atoms with Crippen LogP contribution in [0.15, 0.2) is 29.2 Å². The summed E-state index contributed by atoms with van der Waals surface area (Å²) in [5.74, 6) is 0. The van der Waals surface area contributed by atoms with Crippen LogP contribution in [0.2, 0.25) is 0 Å². The molecule has 0 aromatic heterocycles. The normalized spacial score (nSPS) is 11.2. The van der Waals surface area contributed by atoms with Gasteiger partial charge in [0.2, 0.25) is 0 Å². The summed E-state index contributed by atoms with van der Waals surface area (Å²) in [6.07, 6.45) is 14.3. The van der Waals surface area contributed by atoms with E-state index in [9.17, 15) is 8.42 Å². The monoisotopic (exact) mass is 364 g/mol.